The van der Waals surface area contributed by atoms with Crippen molar-refractivity contribution in [2.24, 2.45) is 5.41 Å². The first-order chi connectivity index (χ1) is 12.0. The predicted octanol–water partition coefficient (Wildman–Crippen LogP) is 3.41. The van der Waals surface area contributed by atoms with Crippen molar-refractivity contribution in [3.63, 3.8) is 0 Å². The highest BCUT2D eigenvalue weighted by Crippen LogP contribution is 2.40. The molecule has 0 N–H and O–H groups in total. The number of aromatic nitrogens is 2. The minimum atomic E-state index is -0.00161. The molecule has 2 saturated heterocycles. The van der Waals surface area contributed by atoms with E-state index >= 15 is 0 Å². The van der Waals surface area contributed by atoms with Crippen molar-refractivity contribution in [1.82, 2.24) is 19.6 Å². The van der Waals surface area contributed by atoms with E-state index in [9.17, 15) is 4.79 Å². The molecule has 2 aliphatic heterocycles. The Kier molecular flexibility index (Phi) is 4.29. The third kappa shape index (κ3) is 3.44. The first-order valence-electron chi connectivity index (χ1n) is 8.80. The summed E-state index contributed by atoms with van der Waals surface area (Å²) in [7, 11) is 0. The van der Waals surface area contributed by atoms with Crippen LogP contribution in [0.1, 0.15) is 24.0 Å². The fraction of sp³-hybridized carbons (Fsp3) is 0.474. The molecule has 0 saturated carbocycles. The number of carbonyl (C=O) groups is 1. The summed E-state index contributed by atoms with van der Waals surface area (Å²) in [6.07, 6.45) is 5.75. The largest absolute Gasteiger partial charge is 0.344 e. The molecular formula is C19H23ClN4O. The maximum atomic E-state index is 12.6. The summed E-state index contributed by atoms with van der Waals surface area (Å²) in [6.45, 7) is 6.65. The van der Waals surface area contributed by atoms with Gasteiger partial charge in [-0.15, -0.1) is 0 Å². The zero-order chi connectivity index (χ0) is 17.4. The monoisotopic (exact) mass is 358 g/mol. The third-order valence-electron chi connectivity index (χ3n) is 5.43. The van der Waals surface area contributed by atoms with Gasteiger partial charge in [0.1, 0.15) is 0 Å². The highest BCUT2D eigenvalue weighted by Gasteiger charge is 2.44. The lowest BCUT2D eigenvalue weighted by Gasteiger charge is -2.24. The van der Waals surface area contributed by atoms with Crippen molar-refractivity contribution in [3.8, 4) is 0 Å². The van der Waals surface area contributed by atoms with Gasteiger partial charge in [-0.3, -0.25) is 4.90 Å². The van der Waals surface area contributed by atoms with Gasteiger partial charge in [-0.25, -0.2) is 4.79 Å². The molecule has 0 aliphatic carbocycles. The molecule has 1 atom stereocenters. The number of halogens is 1. The lowest BCUT2D eigenvalue weighted by atomic mass is 9.86. The summed E-state index contributed by atoms with van der Waals surface area (Å²) in [6, 6.07) is 8.08. The highest BCUT2D eigenvalue weighted by atomic mass is 35.5. The number of carbonyl (C=O) groups excluding carboxylic acids is 1. The number of likely N-dealkylation sites (tertiary alicyclic amines) is 2. The molecule has 0 radical (unpaired) electrons. The molecular weight excluding hydrogens is 336 g/mol. The summed E-state index contributed by atoms with van der Waals surface area (Å²) >= 11 is 6.09. The second-order valence-electron chi connectivity index (χ2n) is 7.51. The Bertz CT molecular complexity index is 789. The van der Waals surface area contributed by atoms with Crippen molar-refractivity contribution < 1.29 is 4.79 Å². The van der Waals surface area contributed by atoms with Crippen LogP contribution in [0.3, 0.4) is 0 Å². The van der Waals surface area contributed by atoms with E-state index in [0.29, 0.717) is 0 Å². The van der Waals surface area contributed by atoms with Crippen molar-refractivity contribution in [3.05, 3.63) is 52.8 Å². The lowest BCUT2D eigenvalue weighted by molar-refractivity contribution is 0.196. The molecule has 0 unspecified atom stereocenters. The zero-order valence-corrected chi connectivity index (χ0v) is 15.2. The Morgan fingerprint density at radius 2 is 2.12 bits per heavy atom. The van der Waals surface area contributed by atoms with Gasteiger partial charge >= 0.3 is 6.03 Å². The average Bonchev–Trinajstić information content (AvgIpc) is 3.29. The maximum Gasteiger partial charge on any atom is 0.344 e. The van der Waals surface area contributed by atoms with Crippen LogP contribution < -0.4 is 0 Å². The van der Waals surface area contributed by atoms with Crippen LogP contribution in [0.2, 0.25) is 5.02 Å². The van der Waals surface area contributed by atoms with E-state index in [4.69, 9.17) is 11.6 Å². The Morgan fingerprint density at radius 1 is 1.28 bits per heavy atom. The summed E-state index contributed by atoms with van der Waals surface area (Å²) in [4.78, 5) is 17.0. The first kappa shape index (κ1) is 16.6. The van der Waals surface area contributed by atoms with E-state index < -0.39 is 0 Å². The number of amides is 1. The van der Waals surface area contributed by atoms with Crippen LogP contribution in [0.4, 0.5) is 4.79 Å². The van der Waals surface area contributed by atoms with E-state index in [1.165, 1.54) is 10.2 Å². The van der Waals surface area contributed by atoms with Gasteiger partial charge in [0, 0.05) is 42.8 Å². The number of aryl methyl sites for hydroxylation is 1. The second-order valence-corrected chi connectivity index (χ2v) is 7.94. The Labute approximate surface area is 153 Å². The first-order valence-corrected chi connectivity index (χ1v) is 9.18. The van der Waals surface area contributed by atoms with Gasteiger partial charge in [0.25, 0.3) is 0 Å². The molecule has 2 aliphatic rings. The normalized spacial score (nSPS) is 23.7. The molecule has 4 rings (SSSR count). The minimum Gasteiger partial charge on any atom is -0.322 e. The fourth-order valence-corrected chi connectivity index (χ4v) is 4.36. The molecule has 2 fully saturated rings. The average molecular weight is 359 g/mol. The van der Waals surface area contributed by atoms with E-state index in [2.05, 4.69) is 16.1 Å². The minimum absolute atomic E-state index is 0.00161. The van der Waals surface area contributed by atoms with Crippen LogP contribution in [0.25, 0.3) is 0 Å². The number of hydrogen-bond donors (Lipinski definition) is 0. The lowest BCUT2D eigenvalue weighted by Crippen LogP contribution is -2.36. The zero-order valence-electron chi connectivity index (χ0n) is 14.5. The van der Waals surface area contributed by atoms with Gasteiger partial charge in [-0.05, 0) is 49.6 Å². The smallest absolute Gasteiger partial charge is 0.322 e. The molecule has 1 aromatic carbocycles. The third-order valence-corrected chi connectivity index (χ3v) is 5.66. The Balaban J connectivity index is 1.38. The van der Waals surface area contributed by atoms with E-state index in [-0.39, 0.29) is 11.4 Å². The van der Waals surface area contributed by atoms with E-state index in [1.807, 2.05) is 30.0 Å². The molecule has 6 heteroatoms. The van der Waals surface area contributed by atoms with Gasteiger partial charge in [-0.2, -0.15) is 9.78 Å². The molecule has 1 aromatic heterocycles. The SMILES string of the molecule is Cc1cnn(C(=O)N2CC[C@]3(CCN(Cc4cccc(Cl)c4)C3)C2)c1. The van der Waals surface area contributed by atoms with Gasteiger partial charge < -0.3 is 4.90 Å². The number of rotatable bonds is 2. The Morgan fingerprint density at radius 3 is 2.88 bits per heavy atom. The number of benzene rings is 1. The van der Waals surface area contributed by atoms with Crippen LogP contribution in [0, 0.1) is 12.3 Å². The van der Waals surface area contributed by atoms with E-state index in [0.717, 1.165) is 56.2 Å². The van der Waals surface area contributed by atoms with Crippen LogP contribution >= 0.6 is 11.6 Å². The summed E-state index contributed by atoms with van der Waals surface area (Å²) in [5.41, 5.74) is 2.49. The van der Waals surface area contributed by atoms with Crippen molar-refractivity contribution >= 4 is 17.6 Å². The van der Waals surface area contributed by atoms with Gasteiger partial charge in [0.2, 0.25) is 0 Å². The molecule has 1 amide bonds. The van der Waals surface area contributed by atoms with Gasteiger partial charge in [0.05, 0.1) is 6.20 Å². The highest BCUT2D eigenvalue weighted by molar-refractivity contribution is 6.30. The standard InChI is InChI=1S/C19H23ClN4O/c1-15-10-21-24(11-15)18(25)23-8-6-19(14-23)5-7-22(13-19)12-16-3-2-4-17(20)9-16/h2-4,9-11H,5-8,12-14H2,1H3/t19-/m0/s1. The molecule has 0 bridgehead atoms. The predicted molar refractivity (Wildman–Crippen MR) is 97.7 cm³/mol. The quantitative estimate of drug-likeness (QED) is 0.826. The van der Waals surface area contributed by atoms with Crippen LogP contribution in [0.5, 0.6) is 0 Å². The van der Waals surface area contributed by atoms with Crippen LogP contribution in [-0.4, -0.2) is 51.8 Å². The Hall–Kier alpha value is -1.85. The van der Waals surface area contributed by atoms with Crippen molar-refractivity contribution in [2.45, 2.75) is 26.3 Å². The number of nitrogens with zero attached hydrogens (tertiary/aromatic N) is 4. The summed E-state index contributed by atoms with van der Waals surface area (Å²) < 4.78 is 1.47. The van der Waals surface area contributed by atoms with Gasteiger partial charge in [0.15, 0.2) is 0 Å². The number of hydrogen-bond acceptors (Lipinski definition) is 3. The van der Waals surface area contributed by atoms with Crippen LogP contribution in [-0.2, 0) is 6.54 Å². The molecule has 1 spiro atoms. The van der Waals surface area contributed by atoms with Crippen molar-refractivity contribution in [2.75, 3.05) is 26.2 Å². The fourth-order valence-electron chi connectivity index (χ4n) is 4.15. The molecule has 25 heavy (non-hydrogen) atoms. The van der Waals surface area contributed by atoms with Gasteiger partial charge in [-0.1, -0.05) is 23.7 Å². The maximum absolute atomic E-state index is 12.6. The second kappa shape index (κ2) is 6.46. The van der Waals surface area contributed by atoms with E-state index in [1.54, 1.807) is 12.4 Å². The molecule has 2 aromatic rings. The summed E-state index contributed by atoms with van der Waals surface area (Å²) in [5, 5.41) is 4.95. The van der Waals surface area contributed by atoms with Crippen molar-refractivity contribution in [1.29, 1.82) is 0 Å². The molecule has 3 heterocycles. The summed E-state index contributed by atoms with van der Waals surface area (Å²) in [5.74, 6) is 0. The topological polar surface area (TPSA) is 41.4 Å². The van der Waals surface area contributed by atoms with Crippen LogP contribution in [0.15, 0.2) is 36.7 Å². The molecule has 132 valence electrons. The molecule has 5 nitrogen and oxygen atoms in total.